The molecule has 1 aliphatic carbocycles. The first-order valence-corrected chi connectivity index (χ1v) is 13.2. The highest BCUT2D eigenvalue weighted by Gasteiger charge is 2.31. The molecule has 1 aliphatic heterocycles. The second-order valence-electron chi connectivity index (χ2n) is 9.63. The molecule has 2 aliphatic rings. The minimum atomic E-state index is 0.449. The van der Waals surface area contributed by atoms with Gasteiger partial charge < -0.3 is 4.90 Å². The van der Waals surface area contributed by atoms with Crippen molar-refractivity contribution in [1.29, 1.82) is 0 Å². The van der Waals surface area contributed by atoms with Gasteiger partial charge in [-0.2, -0.15) is 0 Å². The summed E-state index contributed by atoms with van der Waals surface area (Å²) in [7, 11) is 0. The van der Waals surface area contributed by atoms with E-state index in [4.69, 9.17) is 0 Å². The molecule has 1 nitrogen and oxygen atoms in total. The van der Waals surface area contributed by atoms with Crippen LogP contribution in [0.2, 0.25) is 0 Å². The molecule has 174 valence electrons. The Morgan fingerprint density at radius 1 is 0.818 bits per heavy atom. The van der Waals surface area contributed by atoms with Gasteiger partial charge in [0, 0.05) is 5.92 Å². The summed E-state index contributed by atoms with van der Waals surface area (Å²) in [6.07, 6.45) is 7.65. The highest BCUT2D eigenvalue weighted by atomic mass is 15.1. The zero-order chi connectivity index (χ0) is 23.0. The highest BCUT2D eigenvalue weighted by molar-refractivity contribution is 5.46. The quantitative estimate of drug-likeness (QED) is 0.377. The van der Waals surface area contributed by atoms with Gasteiger partial charge in [0.1, 0.15) is 0 Å². The van der Waals surface area contributed by atoms with Gasteiger partial charge in [-0.3, -0.25) is 0 Å². The second-order valence-corrected chi connectivity index (χ2v) is 9.63. The molecule has 1 heteroatoms. The minimum Gasteiger partial charge on any atom is -0.303 e. The maximum atomic E-state index is 2.62. The molecule has 1 saturated heterocycles. The van der Waals surface area contributed by atoms with Crippen LogP contribution in [-0.2, 0) is 12.8 Å². The van der Waals surface area contributed by atoms with Crippen LogP contribution in [0.25, 0.3) is 0 Å². The predicted octanol–water partition coefficient (Wildman–Crippen LogP) is 7.91. The molecule has 3 aromatic rings. The zero-order valence-corrected chi connectivity index (χ0v) is 20.9. The van der Waals surface area contributed by atoms with Crippen molar-refractivity contribution in [3.8, 4) is 0 Å². The van der Waals surface area contributed by atoms with E-state index >= 15 is 0 Å². The van der Waals surface area contributed by atoms with Crippen molar-refractivity contribution in [2.45, 2.75) is 71.1 Å². The number of fused-ring (bicyclic) bond motifs is 1. The topological polar surface area (TPSA) is 3.24 Å². The van der Waals surface area contributed by atoms with Crippen molar-refractivity contribution in [2.75, 3.05) is 19.6 Å². The van der Waals surface area contributed by atoms with Crippen LogP contribution in [0.4, 0.5) is 0 Å². The molecule has 33 heavy (non-hydrogen) atoms. The van der Waals surface area contributed by atoms with Crippen molar-refractivity contribution < 1.29 is 0 Å². The van der Waals surface area contributed by atoms with Gasteiger partial charge in [0.15, 0.2) is 0 Å². The molecule has 0 spiro atoms. The van der Waals surface area contributed by atoms with Crippen LogP contribution in [0.1, 0.15) is 84.7 Å². The van der Waals surface area contributed by atoms with E-state index in [9.17, 15) is 0 Å². The van der Waals surface area contributed by atoms with Gasteiger partial charge in [0.05, 0.1) is 0 Å². The van der Waals surface area contributed by atoms with Crippen LogP contribution >= 0.6 is 0 Å². The Morgan fingerprint density at radius 2 is 1.55 bits per heavy atom. The lowest BCUT2D eigenvalue weighted by molar-refractivity contribution is 0.334. The Labute approximate surface area is 201 Å². The summed E-state index contributed by atoms with van der Waals surface area (Å²) in [5.74, 6) is 1.00. The first-order valence-electron chi connectivity index (χ1n) is 13.2. The van der Waals surface area contributed by atoms with Gasteiger partial charge in [-0.15, -0.1) is 0 Å². The number of rotatable bonds is 6. The summed E-state index contributed by atoms with van der Waals surface area (Å²) in [6, 6.07) is 27.9. The van der Waals surface area contributed by atoms with Crippen LogP contribution in [0.5, 0.6) is 0 Å². The predicted molar refractivity (Wildman–Crippen MR) is 142 cm³/mol. The highest BCUT2D eigenvalue weighted by Crippen LogP contribution is 2.46. The lowest BCUT2D eigenvalue weighted by Gasteiger charge is -2.35. The first kappa shape index (κ1) is 23.8. The van der Waals surface area contributed by atoms with Gasteiger partial charge in [-0.1, -0.05) is 92.2 Å². The van der Waals surface area contributed by atoms with Gasteiger partial charge in [0.2, 0.25) is 0 Å². The van der Waals surface area contributed by atoms with Crippen molar-refractivity contribution >= 4 is 0 Å². The largest absolute Gasteiger partial charge is 0.303 e. The van der Waals surface area contributed by atoms with Crippen molar-refractivity contribution in [2.24, 2.45) is 0 Å². The molecule has 3 aromatic carbocycles. The maximum Gasteiger partial charge on any atom is 0.0161 e. The summed E-state index contributed by atoms with van der Waals surface area (Å²) in [5.41, 5.74) is 8.90. The van der Waals surface area contributed by atoms with Gasteiger partial charge in [-0.25, -0.2) is 0 Å². The fourth-order valence-corrected chi connectivity index (χ4v) is 5.82. The van der Waals surface area contributed by atoms with Crippen molar-refractivity contribution in [3.63, 3.8) is 0 Å². The van der Waals surface area contributed by atoms with E-state index < -0.39 is 0 Å². The fraction of sp³-hybridized carbons (Fsp3) is 0.438. The zero-order valence-electron chi connectivity index (χ0n) is 20.9. The Balaban J connectivity index is 0.00000126. The fourth-order valence-electron chi connectivity index (χ4n) is 5.82. The van der Waals surface area contributed by atoms with E-state index in [1.165, 1.54) is 86.0 Å². The summed E-state index contributed by atoms with van der Waals surface area (Å²) in [6.45, 7) is 10.1. The van der Waals surface area contributed by atoms with E-state index in [-0.39, 0.29) is 0 Å². The summed E-state index contributed by atoms with van der Waals surface area (Å²) < 4.78 is 0. The molecular weight excluding hydrogens is 398 g/mol. The molecule has 2 unspecified atom stereocenters. The summed E-state index contributed by atoms with van der Waals surface area (Å²) in [4.78, 5) is 2.62. The standard InChI is InChI=1S/C30H35N.C2H6/c1-23-11-17-29-27(22-23)16-18-28(25-9-3-2-4-10-25)30(29)26-14-12-24(13-15-26)8-7-21-31-19-5-6-20-31;1-2/h2-4,9-15,17,22,28,30H,5-8,16,18-21H2,1H3;1-2H3. The van der Waals surface area contributed by atoms with Crippen LogP contribution < -0.4 is 0 Å². The monoisotopic (exact) mass is 439 g/mol. The van der Waals surface area contributed by atoms with Gasteiger partial charge in [-0.05, 0) is 98.8 Å². The second kappa shape index (κ2) is 11.7. The lowest BCUT2D eigenvalue weighted by Crippen LogP contribution is -2.21. The van der Waals surface area contributed by atoms with E-state index in [1.807, 2.05) is 13.8 Å². The normalized spacial score (nSPS) is 20.1. The number of likely N-dealkylation sites (tertiary alicyclic amines) is 1. The molecule has 0 N–H and O–H groups in total. The maximum absolute atomic E-state index is 2.62. The Bertz CT molecular complexity index is 983. The number of nitrogens with zero attached hydrogens (tertiary/aromatic N) is 1. The third kappa shape index (κ3) is 5.76. The number of aryl methyl sites for hydroxylation is 3. The third-order valence-electron chi connectivity index (χ3n) is 7.47. The SMILES string of the molecule is CC.Cc1ccc2c(c1)CCC(c1ccccc1)C2c1ccc(CCCN2CCCC2)cc1. The molecule has 0 aromatic heterocycles. The molecular formula is C32H41N. The van der Waals surface area contributed by atoms with E-state index in [0.717, 1.165) is 0 Å². The smallest absolute Gasteiger partial charge is 0.0161 e. The number of benzene rings is 3. The van der Waals surface area contributed by atoms with Gasteiger partial charge in [0.25, 0.3) is 0 Å². The average molecular weight is 440 g/mol. The van der Waals surface area contributed by atoms with Crippen LogP contribution in [-0.4, -0.2) is 24.5 Å². The minimum absolute atomic E-state index is 0.449. The number of hydrogen-bond donors (Lipinski definition) is 0. The van der Waals surface area contributed by atoms with Crippen molar-refractivity contribution in [1.82, 2.24) is 4.90 Å². The molecule has 2 atom stereocenters. The molecule has 0 amide bonds. The first-order chi connectivity index (χ1) is 16.3. The molecule has 0 saturated carbocycles. The molecule has 1 heterocycles. The van der Waals surface area contributed by atoms with Crippen LogP contribution in [0.15, 0.2) is 72.8 Å². The van der Waals surface area contributed by atoms with E-state index in [0.29, 0.717) is 11.8 Å². The third-order valence-corrected chi connectivity index (χ3v) is 7.47. The molecule has 5 rings (SSSR count). The lowest BCUT2D eigenvalue weighted by atomic mass is 9.69. The van der Waals surface area contributed by atoms with E-state index in [2.05, 4.69) is 84.6 Å². The van der Waals surface area contributed by atoms with Crippen LogP contribution in [0.3, 0.4) is 0 Å². The molecule has 0 radical (unpaired) electrons. The molecule has 1 fully saturated rings. The number of hydrogen-bond acceptors (Lipinski definition) is 1. The van der Waals surface area contributed by atoms with Crippen molar-refractivity contribution in [3.05, 3.63) is 106 Å². The Hall–Kier alpha value is -2.38. The Morgan fingerprint density at radius 3 is 2.27 bits per heavy atom. The average Bonchev–Trinajstić information content (AvgIpc) is 3.39. The van der Waals surface area contributed by atoms with Crippen LogP contribution in [0, 0.1) is 6.92 Å². The van der Waals surface area contributed by atoms with E-state index in [1.54, 1.807) is 5.56 Å². The summed E-state index contributed by atoms with van der Waals surface area (Å²) >= 11 is 0. The Kier molecular flexibility index (Phi) is 8.40. The summed E-state index contributed by atoms with van der Waals surface area (Å²) in [5, 5.41) is 0. The van der Waals surface area contributed by atoms with Gasteiger partial charge >= 0.3 is 0 Å². The molecule has 0 bridgehead atoms.